The van der Waals surface area contributed by atoms with Crippen molar-refractivity contribution in [2.24, 2.45) is 0 Å². The number of para-hydroxylation sites is 1. The minimum absolute atomic E-state index is 0.235. The van der Waals surface area contributed by atoms with Crippen molar-refractivity contribution in [3.8, 4) is 5.75 Å². The number of amides is 1. The topological polar surface area (TPSA) is 84.9 Å². The Labute approximate surface area is 263 Å². The van der Waals surface area contributed by atoms with Crippen LogP contribution in [0.5, 0.6) is 5.75 Å². The molecule has 0 aliphatic carbocycles. The van der Waals surface area contributed by atoms with Gasteiger partial charge in [-0.2, -0.15) is 0 Å². The van der Waals surface area contributed by atoms with E-state index in [1.807, 2.05) is 34.5 Å². The number of carbonyl (C=O) groups is 2. The lowest BCUT2D eigenvalue weighted by Crippen LogP contribution is -2.46. The van der Waals surface area contributed by atoms with Crippen molar-refractivity contribution in [2.45, 2.75) is 91.4 Å². The molecule has 2 rings (SSSR count). The third-order valence-corrected chi connectivity index (χ3v) is 7.91. The van der Waals surface area contributed by atoms with Gasteiger partial charge in [0.1, 0.15) is 18.9 Å². The van der Waals surface area contributed by atoms with Gasteiger partial charge in [-0.25, -0.2) is 4.79 Å². The van der Waals surface area contributed by atoms with Crippen molar-refractivity contribution in [3.63, 3.8) is 0 Å². The van der Waals surface area contributed by atoms with Gasteiger partial charge in [0, 0.05) is 5.69 Å². The molecule has 0 heterocycles. The molecule has 0 fully saturated rings. The summed E-state index contributed by atoms with van der Waals surface area (Å²) < 4.78 is 19.1. The van der Waals surface area contributed by atoms with Gasteiger partial charge in [-0.1, -0.05) is 83.3 Å². The standard InChI is InChI=1S/C34H52N2O4.BrHO/c1-5-8-9-10-11-12-13-14-15-16-19-27-39-32-21-18-17-20-31(32)33(37)35-30-24-22-29(23-25-30)34(38)40-28-26-36(4,6-2)7-3;1-2/h17-18,20-25H,5-16,19,26-28H2,1-4H3;2H/p+1. The molecule has 0 bridgehead atoms. The Bertz CT molecular complexity index is 996. The number of esters is 1. The molecular weight excluding hydrogens is 596 g/mol. The van der Waals surface area contributed by atoms with E-state index in [9.17, 15) is 9.59 Å². The van der Waals surface area contributed by atoms with Crippen LogP contribution in [0.4, 0.5) is 5.69 Å². The molecule has 0 spiro atoms. The summed E-state index contributed by atoms with van der Waals surface area (Å²) in [4.78, 5) is 25.4. The average Bonchev–Trinajstić information content (AvgIpc) is 3.03. The zero-order valence-corrected chi connectivity index (χ0v) is 27.9. The number of nitrogens with zero attached hydrogens (tertiary/aromatic N) is 1. The number of quaternary nitrogens is 1. The molecule has 0 aliphatic rings. The minimum atomic E-state index is -0.349. The van der Waals surface area contributed by atoms with Crippen molar-refractivity contribution < 1.29 is 27.7 Å². The number of likely N-dealkylation sites (N-methyl/N-ethyl adjacent to an activating group) is 1. The highest BCUT2D eigenvalue weighted by atomic mass is 79.9. The van der Waals surface area contributed by atoms with Gasteiger partial charge >= 0.3 is 5.97 Å². The molecule has 0 aromatic heterocycles. The number of benzene rings is 2. The molecule has 236 valence electrons. The van der Waals surface area contributed by atoms with E-state index in [0.29, 0.717) is 35.8 Å². The van der Waals surface area contributed by atoms with Crippen molar-refractivity contribution in [2.75, 3.05) is 45.2 Å². The van der Waals surface area contributed by atoms with Crippen LogP contribution >= 0.6 is 16.3 Å². The molecule has 0 saturated heterocycles. The predicted molar refractivity (Wildman–Crippen MR) is 176 cm³/mol. The highest BCUT2D eigenvalue weighted by Gasteiger charge is 2.18. The van der Waals surface area contributed by atoms with Gasteiger partial charge < -0.3 is 23.5 Å². The first-order chi connectivity index (χ1) is 20.4. The third-order valence-electron chi connectivity index (χ3n) is 7.91. The molecular formula is C34H54BrN2O5+. The molecule has 7 nitrogen and oxygen atoms in total. The highest BCUT2D eigenvalue weighted by Crippen LogP contribution is 2.21. The summed E-state index contributed by atoms with van der Waals surface area (Å²) in [5.74, 6) is 0.00988. The molecule has 2 N–H and O–H groups in total. The smallest absolute Gasteiger partial charge is 0.338 e. The lowest BCUT2D eigenvalue weighted by Gasteiger charge is -2.31. The molecule has 0 radical (unpaired) electrons. The maximum absolute atomic E-state index is 13.0. The van der Waals surface area contributed by atoms with Gasteiger partial charge in [-0.3, -0.25) is 4.79 Å². The van der Waals surface area contributed by atoms with Gasteiger partial charge in [0.15, 0.2) is 0 Å². The van der Waals surface area contributed by atoms with Gasteiger partial charge in [-0.15, -0.1) is 0 Å². The van der Waals surface area contributed by atoms with Crippen molar-refractivity contribution in [1.29, 1.82) is 0 Å². The van der Waals surface area contributed by atoms with Gasteiger partial charge in [0.2, 0.25) is 0 Å². The van der Waals surface area contributed by atoms with Gasteiger partial charge in [0.05, 0.1) is 54.1 Å². The zero-order chi connectivity index (χ0) is 31.1. The number of nitrogens with one attached hydrogen (secondary N) is 1. The molecule has 0 unspecified atom stereocenters. The number of hydrogen-bond acceptors (Lipinski definition) is 5. The molecule has 0 saturated carbocycles. The molecule has 1 amide bonds. The lowest BCUT2D eigenvalue weighted by atomic mass is 10.1. The van der Waals surface area contributed by atoms with Crippen molar-refractivity contribution in [1.82, 2.24) is 0 Å². The second kappa shape index (κ2) is 23.1. The van der Waals surface area contributed by atoms with E-state index in [1.165, 1.54) is 57.8 Å². The van der Waals surface area contributed by atoms with E-state index in [1.54, 1.807) is 30.3 Å². The maximum Gasteiger partial charge on any atom is 0.338 e. The summed E-state index contributed by atoms with van der Waals surface area (Å²) in [6.45, 7) is 10.3. The number of rotatable bonds is 21. The second-order valence-corrected chi connectivity index (χ2v) is 11.0. The Hall–Kier alpha value is -2.42. The monoisotopic (exact) mass is 649 g/mol. The van der Waals surface area contributed by atoms with E-state index in [2.05, 4.69) is 33.1 Å². The van der Waals surface area contributed by atoms with Crippen LogP contribution in [-0.4, -0.2) is 60.5 Å². The Morgan fingerprint density at radius 1 is 0.762 bits per heavy atom. The first kappa shape index (κ1) is 37.6. The fraction of sp³-hybridized carbons (Fsp3) is 0.588. The number of unbranched alkanes of at least 4 members (excludes halogenated alkanes) is 10. The molecule has 0 atom stereocenters. The number of hydrogen-bond donors (Lipinski definition) is 2. The molecule has 2 aromatic rings. The van der Waals surface area contributed by atoms with E-state index in [4.69, 9.17) is 13.7 Å². The van der Waals surface area contributed by atoms with Crippen LogP contribution in [0.3, 0.4) is 0 Å². The van der Waals surface area contributed by atoms with Crippen LogP contribution in [0.1, 0.15) is 112 Å². The molecule has 42 heavy (non-hydrogen) atoms. The van der Waals surface area contributed by atoms with Crippen molar-refractivity contribution >= 4 is 33.8 Å². The minimum Gasteiger partial charge on any atom is -0.493 e. The summed E-state index contributed by atoms with van der Waals surface area (Å²) in [6, 6.07) is 14.1. The molecule has 2 aromatic carbocycles. The van der Waals surface area contributed by atoms with E-state index in [0.717, 1.165) is 37.0 Å². The van der Waals surface area contributed by atoms with E-state index in [-0.39, 0.29) is 11.9 Å². The quantitative estimate of drug-likeness (QED) is 0.0804. The Morgan fingerprint density at radius 3 is 1.88 bits per heavy atom. The molecule has 8 heteroatoms. The number of carbonyl (C=O) groups excluding carboxylic acids is 2. The normalized spacial score (nSPS) is 10.9. The third kappa shape index (κ3) is 15.2. The second-order valence-electron chi connectivity index (χ2n) is 11.0. The largest absolute Gasteiger partial charge is 0.493 e. The van der Waals surface area contributed by atoms with Crippen LogP contribution < -0.4 is 10.1 Å². The lowest BCUT2D eigenvalue weighted by molar-refractivity contribution is -0.906. The Kier molecular flexibility index (Phi) is 20.7. The van der Waals surface area contributed by atoms with E-state index < -0.39 is 0 Å². The molecule has 0 aliphatic heterocycles. The summed E-state index contributed by atoms with van der Waals surface area (Å²) >= 11 is 1.94. The van der Waals surface area contributed by atoms with Crippen LogP contribution in [0.2, 0.25) is 0 Å². The maximum atomic E-state index is 13.0. The van der Waals surface area contributed by atoms with Gasteiger partial charge in [-0.05, 0) is 56.7 Å². The van der Waals surface area contributed by atoms with Crippen LogP contribution in [0.15, 0.2) is 48.5 Å². The average molecular weight is 651 g/mol. The van der Waals surface area contributed by atoms with Crippen LogP contribution in [-0.2, 0) is 4.74 Å². The zero-order valence-electron chi connectivity index (χ0n) is 26.3. The SMILES string of the molecule is CCCCCCCCCCCCCOc1ccccc1C(=O)Nc1ccc(C(=O)OCC[N+](C)(CC)CC)cc1.OBr. The number of ether oxygens (including phenoxy) is 2. The fourth-order valence-corrected chi connectivity index (χ4v) is 4.60. The first-order valence-corrected chi connectivity index (χ1v) is 16.4. The fourth-order valence-electron chi connectivity index (χ4n) is 4.60. The van der Waals surface area contributed by atoms with Crippen LogP contribution in [0.25, 0.3) is 0 Å². The summed E-state index contributed by atoms with van der Waals surface area (Å²) in [5.41, 5.74) is 1.58. The first-order valence-electron chi connectivity index (χ1n) is 15.7. The predicted octanol–water partition coefficient (Wildman–Crippen LogP) is 8.56. The Balaban J connectivity index is 0.00000431. The summed E-state index contributed by atoms with van der Waals surface area (Å²) in [7, 11) is 2.16. The number of anilines is 1. The van der Waals surface area contributed by atoms with E-state index >= 15 is 0 Å². The Morgan fingerprint density at radius 2 is 1.31 bits per heavy atom. The summed E-state index contributed by atoms with van der Waals surface area (Å²) in [5, 5.41) is 2.92. The highest BCUT2D eigenvalue weighted by molar-refractivity contribution is 9.05. The van der Waals surface area contributed by atoms with Gasteiger partial charge in [0.25, 0.3) is 5.91 Å². The van der Waals surface area contributed by atoms with Crippen LogP contribution in [0, 0.1) is 0 Å². The summed E-state index contributed by atoms with van der Waals surface area (Å²) in [6.07, 6.45) is 14.2. The van der Waals surface area contributed by atoms with Crippen molar-refractivity contribution in [3.05, 3.63) is 59.7 Å². The number of halogens is 1.